The van der Waals surface area contributed by atoms with E-state index >= 15 is 0 Å². The van der Waals surface area contributed by atoms with Crippen molar-refractivity contribution in [2.24, 2.45) is 7.05 Å². The fourth-order valence-electron chi connectivity index (χ4n) is 2.47. The standard InChI is InChI=1S/C15H27N3S2/c1-5-6-16-13(9-15-17-7-8-18(15)4)14-10-19-11(2)12(3)20-14/h7-8,11-14,16H,5-6,9-10H2,1-4H3. The van der Waals surface area contributed by atoms with Crippen LogP contribution in [0.4, 0.5) is 0 Å². The van der Waals surface area contributed by atoms with Gasteiger partial charge in [0.15, 0.2) is 0 Å². The molecule has 20 heavy (non-hydrogen) atoms. The quantitative estimate of drug-likeness (QED) is 0.874. The summed E-state index contributed by atoms with van der Waals surface area (Å²) in [7, 11) is 2.09. The zero-order valence-corrected chi connectivity index (χ0v) is 14.6. The summed E-state index contributed by atoms with van der Waals surface area (Å²) in [5, 5.41) is 5.96. The Morgan fingerprint density at radius 2 is 2.25 bits per heavy atom. The van der Waals surface area contributed by atoms with Crippen LogP contribution in [0.5, 0.6) is 0 Å². The van der Waals surface area contributed by atoms with Crippen LogP contribution in [0.1, 0.15) is 33.0 Å². The van der Waals surface area contributed by atoms with Crippen LogP contribution in [0.25, 0.3) is 0 Å². The second kappa shape index (κ2) is 7.76. The van der Waals surface area contributed by atoms with Gasteiger partial charge < -0.3 is 9.88 Å². The van der Waals surface area contributed by atoms with Gasteiger partial charge in [-0.25, -0.2) is 4.98 Å². The molecule has 114 valence electrons. The molecule has 1 fully saturated rings. The molecule has 1 aromatic heterocycles. The van der Waals surface area contributed by atoms with Gasteiger partial charge in [-0.2, -0.15) is 23.5 Å². The first-order valence-corrected chi connectivity index (χ1v) is 9.57. The summed E-state index contributed by atoms with van der Waals surface area (Å²) in [5.74, 6) is 2.44. The van der Waals surface area contributed by atoms with E-state index in [0.717, 1.165) is 23.5 Å². The maximum Gasteiger partial charge on any atom is 0.109 e. The number of imidazole rings is 1. The van der Waals surface area contributed by atoms with Crippen LogP contribution in [0.15, 0.2) is 12.4 Å². The van der Waals surface area contributed by atoms with E-state index in [1.807, 2.05) is 12.4 Å². The van der Waals surface area contributed by atoms with E-state index in [1.165, 1.54) is 18.0 Å². The molecule has 0 bridgehead atoms. The van der Waals surface area contributed by atoms with Gasteiger partial charge in [-0.1, -0.05) is 20.8 Å². The number of hydrogen-bond donors (Lipinski definition) is 1. The Labute approximate surface area is 131 Å². The van der Waals surface area contributed by atoms with Gasteiger partial charge in [-0.3, -0.25) is 0 Å². The molecule has 0 spiro atoms. The SMILES string of the molecule is CCCNC(Cc1nccn1C)C1CSC(C)C(C)S1. The highest BCUT2D eigenvalue weighted by atomic mass is 32.2. The number of aryl methyl sites for hydroxylation is 1. The second-order valence-electron chi connectivity index (χ2n) is 5.64. The lowest BCUT2D eigenvalue weighted by atomic mass is 10.1. The Morgan fingerprint density at radius 3 is 2.85 bits per heavy atom. The molecule has 0 aliphatic carbocycles. The average molecular weight is 314 g/mol. The molecule has 4 atom stereocenters. The first-order chi connectivity index (χ1) is 9.61. The van der Waals surface area contributed by atoms with E-state index in [2.05, 4.69) is 66.2 Å². The fraction of sp³-hybridized carbons (Fsp3) is 0.800. The van der Waals surface area contributed by atoms with Crippen LogP contribution < -0.4 is 5.32 Å². The van der Waals surface area contributed by atoms with Crippen molar-refractivity contribution in [3.63, 3.8) is 0 Å². The van der Waals surface area contributed by atoms with Crippen molar-refractivity contribution >= 4 is 23.5 Å². The molecule has 1 aliphatic rings. The van der Waals surface area contributed by atoms with Crippen molar-refractivity contribution in [2.45, 2.75) is 55.4 Å². The molecular weight excluding hydrogens is 286 g/mol. The molecule has 2 heterocycles. The van der Waals surface area contributed by atoms with Crippen molar-refractivity contribution in [1.29, 1.82) is 0 Å². The van der Waals surface area contributed by atoms with Crippen LogP contribution in [0.3, 0.4) is 0 Å². The number of hydrogen-bond acceptors (Lipinski definition) is 4. The zero-order chi connectivity index (χ0) is 14.5. The Kier molecular flexibility index (Phi) is 6.30. The summed E-state index contributed by atoms with van der Waals surface area (Å²) in [6.07, 6.45) is 6.16. The highest BCUT2D eigenvalue weighted by Crippen LogP contribution is 2.37. The highest BCUT2D eigenvalue weighted by molar-refractivity contribution is 8.07. The number of nitrogens with one attached hydrogen (secondary N) is 1. The Morgan fingerprint density at radius 1 is 1.45 bits per heavy atom. The normalized spacial score (nSPS) is 28.5. The lowest BCUT2D eigenvalue weighted by molar-refractivity contribution is 0.489. The van der Waals surface area contributed by atoms with Gasteiger partial charge in [0.1, 0.15) is 5.82 Å². The maximum absolute atomic E-state index is 4.50. The third-order valence-electron chi connectivity index (χ3n) is 4.00. The summed E-state index contributed by atoms with van der Waals surface area (Å²) >= 11 is 4.29. The molecule has 4 unspecified atom stereocenters. The van der Waals surface area contributed by atoms with E-state index in [9.17, 15) is 0 Å². The van der Waals surface area contributed by atoms with E-state index < -0.39 is 0 Å². The minimum atomic E-state index is 0.531. The summed E-state index contributed by atoms with van der Waals surface area (Å²) in [6, 6.07) is 0.531. The second-order valence-corrected chi connectivity index (χ2v) is 8.67. The molecule has 5 heteroatoms. The molecule has 1 aliphatic heterocycles. The van der Waals surface area contributed by atoms with E-state index in [-0.39, 0.29) is 0 Å². The van der Waals surface area contributed by atoms with Crippen molar-refractivity contribution in [3.05, 3.63) is 18.2 Å². The first kappa shape index (κ1) is 16.2. The minimum Gasteiger partial charge on any atom is -0.338 e. The molecule has 1 saturated heterocycles. The minimum absolute atomic E-state index is 0.531. The molecular formula is C15H27N3S2. The topological polar surface area (TPSA) is 29.9 Å². The Balaban J connectivity index is 2.01. The molecule has 1 N–H and O–H groups in total. The number of rotatable bonds is 6. The smallest absolute Gasteiger partial charge is 0.109 e. The molecule has 0 radical (unpaired) electrons. The van der Waals surface area contributed by atoms with E-state index in [4.69, 9.17) is 0 Å². The predicted molar refractivity (Wildman–Crippen MR) is 91.8 cm³/mol. The average Bonchev–Trinajstić information content (AvgIpc) is 2.83. The third kappa shape index (κ3) is 4.18. The van der Waals surface area contributed by atoms with Gasteiger partial charge >= 0.3 is 0 Å². The van der Waals surface area contributed by atoms with Crippen LogP contribution in [-0.4, -0.2) is 43.6 Å². The molecule has 0 aromatic carbocycles. The Bertz CT molecular complexity index is 408. The molecule has 1 aromatic rings. The summed E-state index contributed by atoms with van der Waals surface area (Å²) in [5.41, 5.74) is 0. The largest absolute Gasteiger partial charge is 0.338 e. The van der Waals surface area contributed by atoms with Gasteiger partial charge in [-0.05, 0) is 13.0 Å². The van der Waals surface area contributed by atoms with Crippen molar-refractivity contribution in [2.75, 3.05) is 12.3 Å². The third-order valence-corrected chi connectivity index (χ3v) is 7.55. The van der Waals surface area contributed by atoms with E-state index in [1.54, 1.807) is 0 Å². The van der Waals surface area contributed by atoms with Crippen molar-refractivity contribution < 1.29 is 0 Å². The summed E-state index contributed by atoms with van der Waals surface area (Å²) < 4.78 is 2.15. The van der Waals surface area contributed by atoms with Crippen LogP contribution in [0, 0.1) is 0 Å². The van der Waals surface area contributed by atoms with Crippen LogP contribution >= 0.6 is 23.5 Å². The summed E-state index contributed by atoms with van der Waals surface area (Å²) in [4.78, 5) is 4.50. The molecule has 0 amide bonds. The number of aromatic nitrogens is 2. The van der Waals surface area contributed by atoms with Gasteiger partial charge in [0.05, 0.1) is 0 Å². The van der Waals surface area contributed by atoms with Crippen LogP contribution in [0.2, 0.25) is 0 Å². The predicted octanol–water partition coefficient (Wildman–Crippen LogP) is 2.96. The Hall–Kier alpha value is -0.130. The molecule has 2 rings (SSSR count). The highest BCUT2D eigenvalue weighted by Gasteiger charge is 2.31. The number of nitrogens with zero attached hydrogens (tertiary/aromatic N) is 2. The number of thioether (sulfide) groups is 2. The monoisotopic (exact) mass is 313 g/mol. The maximum atomic E-state index is 4.50. The fourth-order valence-corrected chi connectivity index (χ4v) is 5.60. The van der Waals surface area contributed by atoms with E-state index in [0.29, 0.717) is 11.3 Å². The first-order valence-electron chi connectivity index (χ1n) is 7.58. The van der Waals surface area contributed by atoms with Gasteiger partial charge in [-0.15, -0.1) is 0 Å². The van der Waals surface area contributed by atoms with Gasteiger partial charge in [0.25, 0.3) is 0 Å². The lowest BCUT2D eigenvalue weighted by Gasteiger charge is -2.36. The lowest BCUT2D eigenvalue weighted by Crippen LogP contribution is -2.45. The van der Waals surface area contributed by atoms with Crippen molar-refractivity contribution in [3.8, 4) is 0 Å². The van der Waals surface area contributed by atoms with Gasteiger partial charge in [0, 0.05) is 53.4 Å². The molecule has 0 saturated carbocycles. The summed E-state index contributed by atoms with van der Waals surface area (Å²) in [6.45, 7) is 8.05. The van der Waals surface area contributed by atoms with Crippen LogP contribution in [-0.2, 0) is 13.5 Å². The van der Waals surface area contributed by atoms with Gasteiger partial charge in [0.2, 0.25) is 0 Å². The van der Waals surface area contributed by atoms with Crippen molar-refractivity contribution in [1.82, 2.24) is 14.9 Å². The molecule has 3 nitrogen and oxygen atoms in total. The zero-order valence-electron chi connectivity index (χ0n) is 13.0.